The summed E-state index contributed by atoms with van der Waals surface area (Å²) in [7, 11) is 0. The summed E-state index contributed by atoms with van der Waals surface area (Å²) in [5.74, 6) is 1.16. The van der Waals surface area contributed by atoms with E-state index in [0.717, 1.165) is 11.1 Å². The van der Waals surface area contributed by atoms with E-state index in [1.165, 1.54) is 0 Å². The van der Waals surface area contributed by atoms with E-state index in [-0.39, 0.29) is 0 Å². The summed E-state index contributed by atoms with van der Waals surface area (Å²) in [6.07, 6.45) is 3.52. The van der Waals surface area contributed by atoms with Crippen molar-refractivity contribution in [3.63, 3.8) is 0 Å². The molecule has 2 rings (SSSR count). The van der Waals surface area contributed by atoms with E-state index in [9.17, 15) is 4.79 Å². The number of aromatic nitrogens is 2. The number of carbonyl (C=O) groups excluding carboxylic acids is 1. The topological polar surface area (TPSA) is 52.1 Å². The van der Waals surface area contributed by atoms with Crippen LogP contribution in [0.25, 0.3) is 11.4 Å². The van der Waals surface area contributed by atoms with Gasteiger partial charge in [0.05, 0.1) is 0 Å². The van der Waals surface area contributed by atoms with Crippen LogP contribution in [0.3, 0.4) is 0 Å². The van der Waals surface area contributed by atoms with Gasteiger partial charge in [0.2, 0.25) is 0 Å². The average molecular weight is 214 g/mol. The number of carbonyl (C=O) groups is 1. The molecule has 0 aliphatic rings. The first kappa shape index (κ1) is 10.3. The highest BCUT2D eigenvalue weighted by Gasteiger charge is 2.00. The third kappa shape index (κ3) is 2.23. The number of rotatable bonds is 3. The largest absolute Gasteiger partial charge is 0.429 e. The van der Waals surface area contributed by atoms with E-state index in [1.54, 1.807) is 24.5 Å². The molecule has 1 aromatic heterocycles. The van der Waals surface area contributed by atoms with Crippen LogP contribution < -0.4 is 4.74 Å². The van der Waals surface area contributed by atoms with Crippen molar-refractivity contribution in [1.29, 1.82) is 0 Å². The molecule has 16 heavy (non-hydrogen) atoms. The van der Waals surface area contributed by atoms with Crippen molar-refractivity contribution < 1.29 is 9.53 Å². The average Bonchev–Trinajstić information content (AvgIpc) is 2.32. The lowest BCUT2D eigenvalue weighted by atomic mass is 10.2. The maximum absolute atomic E-state index is 10.1. The monoisotopic (exact) mass is 214 g/mol. The quantitative estimate of drug-likeness (QED) is 0.733. The standard InChI is InChI=1S/C12H10N2O2/c1-9-6-13-12(14-7-9)10-2-4-11(5-3-10)16-8-15/h2-8H,1H3. The smallest absolute Gasteiger partial charge is 0.298 e. The molecule has 4 nitrogen and oxygen atoms in total. The van der Waals surface area contributed by atoms with Crippen molar-refractivity contribution in [2.45, 2.75) is 6.92 Å². The van der Waals surface area contributed by atoms with Gasteiger partial charge >= 0.3 is 0 Å². The van der Waals surface area contributed by atoms with Gasteiger partial charge < -0.3 is 4.74 Å². The number of nitrogens with zero attached hydrogens (tertiary/aromatic N) is 2. The van der Waals surface area contributed by atoms with Crippen LogP contribution in [-0.2, 0) is 4.79 Å². The fraction of sp³-hybridized carbons (Fsp3) is 0.0833. The molecule has 0 unspecified atom stereocenters. The van der Waals surface area contributed by atoms with Crippen molar-refractivity contribution in [2.75, 3.05) is 0 Å². The summed E-state index contributed by atoms with van der Waals surface area (Å²) in [5.41, 5.74) is 1.91. The van der Waals surface area contributed by atoms with E-state index >= 15 is 0 Å². The molecule has 0 bridgehead atoms. The zero-order valence-electron chi connectivity index (χ0n) is 8.75. The second kappa shape index (κ2) is 4.53. The molecule has 4 heteroatoms. The number of aryl methyl sites for hydroxylation is 1. The van der Waals surface area contributed by atoms with E-state index in [2.05, 4.69) is 9.97 Å². The normalized spacial score (nSPS) is 9.81. The Kier molecular flexibility index (Phi) is 2.91. The molecule has 2 aromatic rings. The summed E-state index contributed by atoms with van der Waals surface area (Å²) < 4.78 is 4.69. The Morgan fingerprint density at radius 2 is 1.75 bits per heavy atom. The molecule has 0 fully saturated rings. The van der Waals surface area contributed by atoms with Gasteiger partial charge in [-0.3, -0.25) is 4.79 Å². The van der Waals surface area contributed by atoms with Crippen molar-refractivity contribution >= 4 is 6.47 Å². The van der Waals surface area contributed by atoms with Gasteiger partial charge in [0.25, 0.3) is 6.47 Å². The van der Waals surface area contributed by atoms with Crippen molar-refractivity contribution in [3.05, 3.63) is 42.2 Å². The molecule has 0 atom stereocenters. The van der Waals surface area contributed by atoms with Crippen molar-refractivity contribution in [1.82, 2.24) is 9.97 Å². The lowest BCUT2D eigenvalue weighted by Crippen LogP contribution is -1.90. The van der Waals surface area contributed by atoms with Crippen molar-refractivity contribution in [2.24, 2.45) is 0 Å². The molecule has 0 aliphatic heterocycles. The number of ether oxygens (including phenoxy) is 1. The van der Waals surface area contributed by atoms with Gasteiger partial charge in [-0.1, -0.05) is 0 Å². The van der Waals surface area contributed by atoms with Gasteiger partial charge in [0.1, 0.15) is 5.75 Å². The van der Waals surface area contributed by atoms with Gasteiger partial charge in [0.15, 0.2) is 5.82 Å². The van der Waals surface area contributed by atoms with E-state index in [4.69, 9.17) is 4.74 Å². The predicted molar refractivity (Wildman–Crippen MR) is 58.9 cm³/mol. The van der Waals surface area contributed by atoms with Crippen LogP contribution in [0.2, 0.25) is 0 Å². The maximum Gasteiger partial charge on any atom is 0.298 e. The molecule has 0 radical (unpaired) electrons. The highest BCUT2D eigenvalue weighted by atomic mass is 16.5. The first-order valence-corrected chi connectivity index (χ1v) is 4.79. The summed E-state index contributed by atoms with van der Waals surface area (Å²) in [4.78, 5) is 18.5. The molecule has 80 valence electrons. The molecule has 0 saturated carbocycles. The lowest BCUT2D eigenvalue weighted by Gasteiger charge is -2.01. The summed E-state index contributed by atoms with van der Waals surface area (Å²) >= 11 is 0. The molecule has 0 aliphatic carbocycles. The Hall–Kier alpha value is -2.23. The Labute approximate surface area is 92.9 Å². The molecule has 0 amide bonds. The Balaban J connectivity index is 2.27. The van der Waals surface area contributed by atoms with Crippen LogP contribution in [0.5, 0.6) is 5.75 Å². The Morgan fingerprint density at radius 1 is 1.12 bits per heavy atom. The van der Waals surface area contributed by atoms with Crippen LogP contribution in [0, 0.1) is 6.92 Å². The molecule has 1 aromatic carbocycles. The van der Waals surface area contributed by atoms with Gasteiger partial charge in [0, 0.05) is 18.0 Å². The highest BCUT2D eigenvalue weighted by molar-refractivity contribution is 5.57. The van der Waals surface area contributed by atoms with Crippen LogP contribution in [0.1, 0.15) is 5.56 Å². The zero-order valence-corrected chi connectivity index (χ0v) is 8.75. The lowest BCUT2D eigenvalue weighted by molar-refractivity contribution is -0.120. The van der Waals surface area contributed by atoms with Crippen molar-refractivity contribution in [3.8, 4) is 17.1 Å². The van der Waals surface area contributed by atoms with E-state index < -0.39 is 0 Å². The third-order valence-electron chi connectivity index (χ3n) is 2.08. The molecular weight excluding hydrogens is 204 g/mol. The summed E-state index contributed by atoms with van der Waals surface area (Å²) in [6, 6.07) is 7.02. The molecule has 0 spiro atoms. The van der Waals surface area contributed by atoms with Crippen LogP contribution >= 0.6 is 0 Å². The van der Waals surface area contributed by atoms with Crippen LogP contribution in [0.4, 0.5) is 0 Å². The molecule has 1 heterocycles. The van der Waals surface area contributed by atoms with Gasteiger partial charge in [-0.05, 0) is 36.8 Å². The first-order valence-electron chi connectivity index (χ1n) is 4.79. The van der Waals surface area contributed by atoms with Crippen LogP contribution in [0.15, 0.2) is 36.7 Å². The fourth-order valence-electron chi connectivity index (χ4n) is 1.28. The number of benzene rings is 1. The van der Waals surface area contributed by atoms with Gasteiger partial charge in [-0.15, -0.1) is 0 Å². The minimum absolute atomic E-state index is 0.400. The first-order chi connectivity index (χ1) is 7.79. The van der Waals surface area contributed by atoms with Crippen LogP contribution in [-0.4, -0.2) is 16.4 Å². The fourth-order valence-corrected chi connectivity index (χ4v) is 1.28. The molecule has 0 N–H and O–H groups in total. The van der Waals surface area contributed by atoms with E-state index in [1.807, 2.05) is 19.1 Å². The maximum atomic E-state index is 10.1. The SMILES string of the molecule is Cc1cnc(-c2ccc(OC=O)cc2)nc1. The Morgan fingerprint density at radius 3 is 2.31 bits per heavy atom. The second-order valence-electron chi connectivity index (χ2n) is 3.32. The Bertz CT molecular complexity index is 477. The summed E-state index contributed by atoms with van der Waals surface area (Å²) in [5, 5.41) is 0. The van der Waals surface area contributed by atoms with Gasteiger partial charge in [-0.2, -0.15) is 0 Å². The van der Waals surface area contributed by atoms with Gasteiger partial charge in [-0.25, -0.2) is 9.97 Å². The number of hydrogen-bond acceptors (Lipinski definition) is 4. The molecular formula is C12H10N2O2. The van der Waals surface area contributed by atoms with E-state index in [0.29, 0.717) is 18.0 Å². The minimum Gasteiger partial charge on any atom is -0.429 e. The zero-order chi connectivity index (χ0) is 11.4. The predicted octanol–water partition coefficient (Wildman–Crippen LogP) is 1.99. The third-order valence-corrected chi connectivity index (χ3v) is 2.08. The molecule has 0 saturated heterocycles. The summed E-state index contributed by atoms with van der Waals surface area (Å²) in [6.45, 7) is 2.34. The minimum atomic E-state index is 0.400. The number of hydrogen-bond donors (Lipinski definition) is 0. The second-order valence-corrected chi connectivity index (χ2v) is 3.32. The highest BCUT2D eigenvalue weighted by Crippen LogP contribution is 2.18.